The maximum atomic E-state index is 9.71. The number of nitriles is 1. The molecule has 0 unspecified atom stereocenters. The van der Waals surface area contributed by atoms with Gasteiger partial charge in [-0.25, -0.2) is 9.97 Å². The molecule has 0 N–H and O–H groups in total. The Morgan fingerprint density at radius 1 is 1.14 bits per heavy atom. The van der Waals surface area contributed by atoms with Crippen molar-refractivity contribution in [2.75, 3.05) is 7.11 Å². The van der Waals surface area contributed by atoms with Gasteiger partial charge in [-0.15, -0.1) is 11.3 Å². The van der Waals surface area contributed by atoms with Crippen LogP contribution in [-0.4, -0.2) is 17.1 Å². The van der Waals surface area contributed by atoms with E-state index in [9.17, 15) is 5.26 Å². The van der Waals surface area contributed by atoms with Crippen molar-refractivity contribution in [3.8, 4) is 23.1 Å². The molecule has 0 aliphatic carbocycles. The summed E-state index contributed by atoms with van der Waals surface area (Å²) in [5.74, 6) is 0.736. The van der Waals surface area contributed by atoms with Crippen LogP contribution in [0.3, 0.4) is 0 Å². The monoisotopic (exact) mass is 417 g/mol. The predicted octanol–water partition coefficient (Wildman–Crippen LogP) is 6.39. The number of aromatic nitrogens is 2. The largest absolute Gasteiger partial charge is 0.497 e. The molecule has 0 saturated carbocycles. The van der Waals surface area contributed by atoms with Gasteiger partial charge in [-0.05, 0) is 37.3 Å². The van der Waals surface area contributed by atoms with Crippen LogP contribution in [-0.2, 0) is 0 Å². The summed E-state index contributed by atoms with van der Waals surface area (Å²) in [6, 6.07) is 17.9. The Morgan fingerprint density at radius 2 is 1.93 bits per heavy atom. The molecule has 2 aromatic heterocycles. The zero-order valence-corrected chi connectivity index (χ0v) is 17.4. The Morgan fingerprint density at radius 3 is 2.66 bits per heavy atom. The van der Waals surface area contributed by atoms with Crippen LogP contribution in [0.2, 0.25) is 5.15 Å². The summed E-state index contributed by atoms with van der Waals surface area (Å²) in [7, 11) is 1.62. The fourth-order valence-electron chi connectivity index (χ4n) is 2.93. The van der Waals surface area contributed by atoms with Crippen LogP contribution in [0.5, 0.6) is 5.75 Å². The summed E-state index contributed by atoms with van der Waals surface area (Å²) in [4.78, 5) is 9.07. The van der Waals surface area contributed by atoms with Gasteiger partial charge in [0, 0.05) is 21.9 Å². The minimum atomic E-state index is 0.339. The number of aryl methyl sites for hydroxylation is 1. The molecule has 142 valence electrons. The normalized spacial score (nSPS) is 11.4. The number of rotatable bonds is 4. The number of hydrogen-bond donors (Lipinski definition) is 0. The summed E-state index contributed by atoms with van der Waals surface area (Å²) < 4.78 is 5.28. The molecule has 0 saturated heterocycles. The van der Waals surface area contributed by atoms with E-state index in [1.807, 2.05) is 60.8 Å². The van der Waals surface area contributed by atoms with Crippen LogP contribution < -0.4 is 4.74 Å². The summed E-state index contributed by atoms with van der Waals surface area (Å²) in [5, 5.41) is 13.5. The fraction of sp³-hybridized carbons (Fsp3) is 0.0870. The number of fused-ring (bicyclic) bond motifs is 1. The van der Waals surface area contributed by atoms with Gasteiger partial charge in [-0.3, -0.25) is 0 Å². The zero-order chi connectivity index (χ0) is 20.4. The van der Waals surface area contributed by atoms with Crippen LogP contribution in [0.25, 0.3) is 33.8 Å². The minimum absolute atomic E-state index is 0.339. The molecule has 4 aromatic rings. The van der Waals surface area contributed by atoms with E-state index >= 15 is 0 Å². The molecule has 6 heteroatoms. The highest BCUT2D eigenvalue weighted by atomic mass is 35.5. The van der Waals surface area contributed by atoms with Crippen molar-refractivity contribution in [1.29, 1.82) is 5.26 Å². The van der Waals surface area contributed by atoms with E-state index in [0.717, 1.165) is 27.9 Å². The third-order valence-electron chi connectivity index (χ3n) is 4.50. The van der Waals surface area contributed by atoms with Crippen LogP contribution in [0.15, 0.2) is 53.9 Å². The molecule has 4 rings (SSSR count). The first-order chi connectivity index (χ1) is 14.1. The first kappa shape index (κ1) is 19.1. The molecule has 0 spiro atoms. The Balaban J connectivity index is 1.73. The Bertz CT molecular complexity index is 1270. The Hall–Kier alpha value is -3.20. The number of ether oxygens (including phenoxy) is 1. The van der Waals surface area contributed by atoms with Crippen molar-refractivity contribution in [2.45, 2.75) is 6.92 Å². The number of halogens is 1. The Kier molecular flexibility index (Phi) is 5.30. The van der Waals surface area contributed by atoms with Gasteiger partial charge in [0.05, 0.1) is 23.9 Å². The van der Waals surface area contributed by atoms with E-state index < -0.39 is 0 Å². The highest BCUT2D eigenvalue weighted by Gasteiger charge is 2.11. The van der Waals surface area contributed by atoms with Crippen molar-refractivity contribution in [2.24, 2.45) is 0 Å². The van der Waals surface area contributed by atoms with E-state index in [1.54, 1.807) is 13.2 Å². The number of thiazole rings is 1. The summed E-state index contributed by atoms with van der Waals surface area (Å²) in [5.41, 5.74) is 4.93. The van der Waals surface area contributed by atoms with Gasteiger partial charge >= 0.3 is 0 Å². The lowest BCUT2D eigenvalue weighted by Gasteiger charge is -2.05. The van der Waals surface area contributed by atoms with E-state index in [0.29, 0.717) is 21.3 Å². The number of pyridine rings is 1. The standard InChI is InChI=1S/C23H16ClN3OS/c1-14-3-5-15(6-4-14)21-13-29-23(27-21)18(12-25)10-17-9-16-11-19(28-2)7-8-20(16)26-22(17)24/h3-11,13H,1-2H3/b18-10+. The van der Waals surface area contributed by atoms with Crippen molar-refractivity contribution in [3.05, 3.63) is 75.2 Å². The van der Waals surface area contributed by atoms with Gasteiger partial charge in [0.25, 0.3) is 0 Å². The zero-order valence-electron chi connectivity index (χ0n) is 15.8. The van der Waals surface area contributed by atoms with Crippen LogP contribution in [0.4, 0.5) is 0 Å². The molecule has 29 heavy (non-hydrogen) atoms. The highest BCUT2D eigenvalue weighted by molar-refractivity contribution is 7.11. The first-order valence-electron chi connectivity index (χ1n) is 8.86. The lowest BCUT2D eigenvalue weighted by molar-refractivity contribution is 0.415. The lowest BCUT2D eigenvalue weighted by atomic mass is 10.1. The van der Waals surface area contributed by atoms with Crippen molar-refractivity contribution < 1.29 is 4.74 Å². The summed E-state index contributed by atoms with van der Waals surface area (Å²) in [6.07, 6.45) is 1.73. The van der Waals surface area contributed by atoms with Gasteiger partial charge in [0.1, 0.15) is 22.0 Å². The van der Waals surface area contributed by atoms with Gasteiger partial charge in [0.2, 0.25) is 0 Å². The van der Waals surface area contributed by atoms with Gasteiger partial charge in [0.15, 0.2) is 0 Å². The molecule has 2 heterocycles. The second-order valence-corrected chi connectivity index (χ2v) is 7.72. The van der Waals surface area contributed by atoms with Crippen LogP contribution in [0.1, 0.15) is 16.1 Å². The second-order valence-electron chi connectivity index (χ2n) is 6.50. The van der Waals surface area contributed by atoms with Gasteiger partial charge in [-0.2, -0.15) is 5.26 Å². The van der Waals surface area contributed by atoms with E-state index in [1.165, 1.54) is 16.9 Å². The van der Waals surface area contributed by atoms with Crippen molar-refractivity contribution in [3.63, 3.8) is 0 Å². The molecule has 0 amide bonds. The van der Waals surface area contributed by atoms with Crippen molar-refractivity contribution in [1.82, 2.24) is 9.97 Å². The molecule has 0 fully saturated rings. The quantitative estimate of drug-likeness (QED) is 0.285. The third-order valence-corrected chi connectivity index (χ3v) is 5.68. The molecule has 0 atom stereocenters. The molecular weight excluding hydrogens is 402 g/mol. The van der Waals surface area contributed by atoms with Crippen molar-refractivity contribution >= 4 is 45.5 Å². The molecule has 0 aliphatic heterocycles. The van der Waals surface area contributed by atoms with Gasteiger partial charge < -0.3 is 4.74 Å². The topological polar surface area (TPSA) is 58.8 Å². The molecule has 0 aliphatic rings. The van der Waals surface area contributed by atoms with Crippen LogP contribution >= 0.6 is 22.9 Å². The average Bonchev–Trinajstić information content (AvgIpc) is 3.22. The molecule has 2 aromatic carbocycles. The molecule has 0 radical (unpaired) electrons. The van der Waals surface area contributed by atoms with E-state index in [-0.39, 0.29) is 0 Å². The second kappa shape index (κ2) is 8.04. The van der Waals surface area contributed by atoms with Gasteiger partial charge in [-0.1, -0.05) is 41.4 Å². The molecule has 4 nitrogen and oxygen atoms in total. The lowest BCUT2D eigenvalue weighted by Crippen LogP contribution is -1.89. The molecular formula is C23H16ClN3OS. The maximum absolute atomic E-state index is 9.71. The fourth-order valence-corrected chi connectivity index (χ4v) is 3.92. The average molecular weight is 418 g/mol. The third kappa shape index (κ3) is 4.00. The number of methoxy groups -OCH3 is 1. The predicted molar refractivity (Wildman–Crippen MR) is 119 cm³/mol. The summed E-state index contributed by atoms with van der Waals surface area (Å²) >= 11 is 7.80. The number of allylic oxidation sites excluding steroid dienone is 1. The highest BCUT2D eigenvalue weighted by Crippen LogP contribution is 2.30. The number of nitrogens with zero attached hydrogens (tertiary/aromatic N) is 3. The SMILES string of the molecule is COc1ccc2nc(Cl)c(/C=C(\C#N)c3nc(-c4ccc(C)cc4)cs3)cc2c1. The first-order valence-corrected chi connectivity index (χ1v) is 10.1. The minimum Gasteiger partial charge on any atom is -0.497 e. The smallest absolute Gasteiger partial charge is 0.137 e. The maximum Gasteiger partial charge on any atom is 0.137 e. The number of hydrogen-bond acceptors (Lipinski definition) is 5. The summed E-state index contributed by atoms with van der Waals surface area (Å²) in [6.45, 7) is 2.05. The van der Waals surface area contributed by atoms with E-state index in [2.05, 4.69) is 16.0 Å². The number of benzene rings is 2. The van der Waals surface area contributed by atoms with Crippen LogP contribution in [0, 0.1) is 18.3 Å². The molecule has 0 bridgehead atoms. The Labute approximate surface area is 177 Å². The van der Waals surface area contributed by atoms with E-state index in [4.69, 9.17) is 16.3 Å².